The Kier molecular flexibility index (Phi) is 7.41. The average molecular weight is 273 g/mol. The number of nitrogens with two attached hydrogens (primary N) is 1. The maximum absolute atomic E-state index is 11.5. The number of nitrogens with one attached hydrogen (secondary N) is 1. The quantitative estimate of drug-likeness (QED) is 0.759. The summed E-state index contributed by atoms with van der Waals surface area (Å²) in [5.41, 5.74) is 7.49. The van der Waals surface area contributed by atoms with Crippen molar-refractivity contribution in [1.29, 1.82) is 0 Å². The molecule has 1 aromatic carbocycles. The van der Waals surface area contributed by atoms with Crippen molar-refractivity contribution in [1.82, 2.24) is 10.2 Å². The van der Waals surface area contributed by atoms with Crippen LogP contribution in [0.1, 0.15) is 24.5 Å². The predicted molar refractivity (Wildman–Crippen MR) is 82.0 cm³/mol. The molecule has 0 atom stereocenters. The Morgan fingerprint density at radius 1 is 1.35 bits per heavy atom. The molecule has 0 saturated heterocycles. The largest absolute Gasteiger partial charge is 0.358 e. The fourth-order valence-electron chi connectivity index (χ4n) is 1.92. The second-order valence-electron chi connectivity index (χ2n) is 4.59. The van der Waals surface area contributed by atoms with E-state index in [9.17, 15) is 4.79 Å². The van der Waals surface area contributed by atoms with Crippen LogP contribution >= 0.6 is 0 Å². The maximum Gasteiger partial charge on any atom is 0.233 e. The van der Waals surface area contributed by atoms with Crippen LogP contribution in [0.4, 0.5) is 0 Å². The highest BCUT2D eigenvalue weighted by molar-refractivity contribution is 5.77. The molecular formula is C16H23N3O. The molecule has 0 aliphatic heterocycles. The summed E-state index contributed by atoms with van der Waals surface area (Å²) in [6.45, 7) is 4.59. The highest BCUT2D eigenvalue weighted by atomic mass is 16.1. The van der Waals surface area contributed by atoms with Crippen molar-refractivity contribution >= 4 is 5.91 Å². The molecule has 0 aliphatic carbocycles. The molecule has 0 unspecified atom stereocenters. The van der Waals surface area contributed by atoms with Crippen LogP contribution < -0.4 is 11.1 Å². The Morgan fingerprint density at radius 2 is 2.05 bits per heavy atom. The zero-order chi connectivity index (χ0) is 14.8. The van der Waals surface area contributed by atoms with Gasteiger partial charge >= 0.3 is 0 Å². The van der Waals surface area contributed by atoms with Gasteiger partial charge < -0.3 is 11.1 Å². The van der Waals surface area contributed by atoms with Crippen molar-refractivity contribution < 1.29 is 4.79 Å². The highest BCUT2D eigenvalue weighted by Crippen LogP contribution is 2.07. The summed E-state index contributed by atoms with van der Waals surface area (Å²) in [6, 6.07) is 8.07. The molecule has 1 aromatic rings. The van der Waals surface area contributed by atoms with Crippen molar-refractivity contribution in [2.45, 2.75) is 19.9 Å². The van der Waals surface area contributed by atoms with Gasteiger partial charge in [-0.2, -0.15) is 0 Å². The van der Waals surface area contributed by atoms with E-state index in [4.69, 9.17) is 5.73 Å². The third kappa shape index (κ3) is 5.87. The molecule has 0 bridgehead atoms. The van der Waals surface area contributed by atoms with E-state index in [1.807, 2.05) is 24.3 Å². The number of carbonyl (C=O) groups is 1. The molecule has 1 amide bonds. The number of rotatable bonds is 6. The second-order valence-corrected chi connectivity index (χ2v) is 4.59. The van der Waals surface area contributed by atoms with Crippen molar-refractivity contribution in [3.63, 3.8) is 0 Å². The number of hydrogen-bond acceptors (Lipinski definition) is 3. The number of hydrogen-bond donors (Lipinski definition) is 2. The molecule has 0 saturated carbocycles. The second kappa shape index (κ2) is 9.13. The topological polar surface area (TPSA) is 58.4 Å². The zero-order valence-electron chi connectivity index (χ0n) is 12.3. The van der Waals surface area contributed by atoms with Crippen molar-refractivity contribution in [3.8, 4) is 11.8 Å². The first-order valence-corrected chi connectivity index (χ1v) is 6.90. The lowest BCUT2D eigenvalue weighted by molar-refractivity contribution is -0.121. The van der Waals surface area contributed by atoms with Gasteiger partial charge in [0.25, 0.3) is 0 Å². The van der Waals surface area contributed by atoms with Gasteiger partial charge in [0.2, 0.25) is 5.91 Å². The maximum atomic E-state index is 11.5. The molecule has 3 N–H and O–H groups in total. The van der Waals surface area contributed by atoms with E-state index in [1.54, 1.807) is 7.05 Å². The molecule has 0 radical (unpaired) electrons. The fraction of sp³-hybridized carbons (Fsp3) is 0.438. The van der Waals surface area contributed by atoms with Gasteiger partial charge in [-0.15, -0.1) is 0 Å². The summed E-state index contributed by atoms with van der Waals surface area (Å²) in [5, 5.41) is 2.66. The van der Waals surface area contributed by atoms with E-state index < -0.39 is 0 Å². The smallest absolute Gasteiger partial charge is 0.233 e. The Balaban J connectivity index is 2.65. The van der Waals surface area contributed by atoms with Crippen molar-refractivity contribution in [2.24, 2.45) is 5.73 Å². The minimum Gasteiger partial charge on any atom is -0.358 e. The summed E-state index contributed by atoms with van der Waals surface area (Å²) >= 11 is 0. The highest BCUT2D eigenvalue weighted by Gasteiger charge is 2.09. The van der Waals surface area contributed by atoms with Gasteiger partial charge in [-0.1, -0.05) is 30.9 Å². The monoisotopic (exact) mass is 273 g/mol. The van der Waals surface area contributed by atoms with Gasteiger partial charge in [0.1, 0.15) is 0 Å². The minimum absolute atomic E-state index is 0.0453. The molecule has 108 valence electrons. The molecule has 0 heterocycles. The number of amides is 1. The van der Waals surface area contributed by atoms with E-state index in [0.29, 0.717) is 13.1 Å². The Bertz CT molecular complexity index is 471. The van der Waals surface area contributed by atoms with Gasteiger partial charge in [0, 0.05) is 19.2 Å². The molecule has 0 aromatic heterocycles. The van der Waals surface area contributed by atoms with E-state index in [0.717, 1.165) is 25.1 Å². The zero-order valence-corrected chi connectivity index (χ0v) is 12.3. The standard InChI is InChI=1S/C16H23N3O/c1-3-11-19(13-16(20)18-2)12-15-8-6-14(7-9-15)5-4-10-17/h6-9H,3,10-13,17H2,1-2H3,(H,18,20). The Morgan fingerprint density at radius 3 is 2.60 bits per heavy atom. The summed E-state index contributed by atoms with van der Waals surface area (Å²) < 4.78 is 0. The van der Waals surface area contributed by atoms with Crippen molar-refractivity contribution in [2.75, 3.05) is 26.7 Å². The van der Waals surface area contributed by atoms with Crippen LogP contribution in [0, 0.1) is 11.8 Å². The molecule has 20 heavy (non-hydrogen) atoms. The lowest BCUT2D eigenvalue weighted by Gasteiger charge is -2.20. The number of benzene rings is 1. The first kappa shape index (κ1) is 16.2. The summed E-state index contributed by atoms with van der Waals surface area (Å²) in [7, 11) is 1.66. The third-order valence-electron chi connectivity index (χ3n) is 2.88. The summed E-state index contributed by atoms with van der Waals surface area (Å²) in [6.07, 6.45) is 1.02. The van der Waals surface area contributed by atoms with E-state index in [1.165, 1.54) is 5.56 Å². The van der Waals surface area contributed by atoms with Gasteiger partial charge in [-0.05, 0) is 30.7 Å². The number of nitrogens with zero attached hydrogens (tertiary/aromatic N) is 1. The van der Waals surface area contributed by atoms with Crippen LogP contribution in [0.2, 0.25) is 0 Å². The lowest BCUT2D eigenvalue weighted by atomic mass is 10.1. The van der Waals surface area contributed by atoms with Gasteiger partial charge in [0.15, 0.2) is 0 Å². The minimum atomic E-state index is 0.0453. The van der Waals surface area contributed by atoms with Crippen LogP contribution in [-0.4, -0.2) is 37.5 Å². The molecule has 4 heteroatoms. The van der Waals surface area contributed by atoms with Crippen LogP contribution in [0.15, 0.2) is 24.3 Å². The third-order valence-corrected chi connectivity index (χ3v) is 2.88. The van der Waals surface area contributed by atoms with Gasteiger partial charge in [-0.25, -0.2) is 0 Å². The lowest BCUT2D eigenvalue weighted by Crippen LogP contribution is -2.35. The van der Waals surface area contributed by atoms with Crippen LogP contribution in [0.3, 0.4) is 0 Å². The molecule has 0 spiro atoms. The molecule has 4 nitrogen and oxygen atoms in total. The fourth-order valence-corrected chi connectivity index (χ4v) is 1.92. The van der Waals surface area contributed by atoms with E-state index in [-0.39, 0.29) is 5.91 Å². The Labute approximate surface area is 121 Å². The molecular weight excluding hydrogens is 250 g/mol. The van der Waals surface area contributed by atoms with E-state index >= 15 is 0 Å². The SMILES string of the molecule is CCCN(CC(=O)NC)Cc1ccc(C#CCN)cc1. The molecule has 0 aliphatic rings. The summed E-state index contributed by atoms with van der Waals surface area (Å²) in [4.78, 5) is 13.6. The van der Waals surface area contributed by atoms with Crippen LogP contribution in [0.5, 0.6) is 0 Å². The molecule has 1 rings (SSSR count). The first-order chi connectivity index (χ1) is 9.69. The molecule has 0 fully saturated rings. The van der Waals surface area contributed by atoms with Gasteiger partial charge in [-0.3, -0.25) is 9.69 Å². The van der Waals surface area contributed by atoms with E-state index in [2.05, 4.69) is 29.0 Å². The number of carbonyl (C=O) groups excluding carboxylic acids is 1. The Hall–Kier alpha value is -1.83. The first-order valence-electron chi connectivity index (χ1n) is 6.90. The van der Waals surface area contributed by atoms with Crippen molar-refractivity contribution in [3.05, 3.63) is 35.4 Å². The van der Waals surface area contributed by atoms with Crippen LogP contribution in [-0.2, 0) is 11.3 Å². The van der Waals surface area contributed by atoms with Crippen LogP contribution in [0.25, 0.3) is 0 Å². The average Bonchev–Trinajstić information content (AvgIpc) is 2.46. The predicted octanol–water partition coefficient (Wildman–Crippen LogP) is 0.955. The normalized spacial score (nSPS) is 10.0. The summed E-state index contributed by atoms with van der Waals surface area (Å²) in [5.74, 6) is 5.88. The number of likely N-dealkylation sites (N-methyl/N-ethyl adjacent to an activating group) is 1. The van der Waals surface area contributed by atoms with Gasteiger partial charge in [0.05, 0.1) is 13.1 Å².